The number of nitrogens with zero attached hydrogens (tertiary/aromatic N) is 1. The molecule has 0 aliphatic heterocycles. The number of hydrogen-bond acceptors (Lipinski definition) is 4. The Morgan fingerprint density at radius 1 is 1.60 bits per heavy atom. The Labute approximate surface area is 129 Å². The number of nitro benzene ring substituents is 1. The summed E-state index contributed by atoms with van der Waals surface area (Å²) < 4.78 is 0.771. The first-order valence-corrected chi connectivity index (χ1v) is 7.36. The Morgan fingerprint density at radius 3 is 2.90 bits per heavy atom. The summed E-state index contributed by atoms with van der Waals surface area (Å²) in [4.78, 5) is 22.1. The number of carboxylic acids is 1. The summed E-state index contributed by atoms with van der Waals surface area (Å²) >= 11 is 2.01. The topological polar surface area (TPSA) is 92.5 Å². The van der Waals surface area contributed by atoms with Gasteiger partial charge in [0.05, 0.1) is 10.3 Å². The van der Waals surface area contributed by atoms with Crippen LogP contribution in [0.1, 0.15) is 26.2 Å². The maximum absolute atomic E-state index is 11.4. The fraction of sp³-hybridized carbons (Fsp3) is 0.462. The van der Waals surface area contributed by atoms with Crippen LogP contribution in [0.15, 0.2) is 18.2 Å². The average molecular weight is 390 g/mol. The van der Waals surface area contributed by atoms with Gasteiger partial charge < -0.3 is 10.4 Å². The molecule has 20 heavy (non-hydrogen) atoms. The molecule has 0 aromatic heterocycles. The molecule has 108 valence electrons. The minimum Gasteiger partial charge on any atom is -0.481 e. The molecule has 0 amide bonds. The van der Waals surface area contributed by atoms with Crippen LogP contribution >= 0.6 is 22.6 Å². The Bertz CT molecular complexity index is 563. The maximum atomic E-state index is 11.4. The third-order valence-electron chi connectivity index (χ3n) is 3.93. The monoisotopic (exact) mass is 390 g/mol. The molecule has 2 unspecified atom stereocenters. The van der Waals surface area contributed by atoms with Crippen LogP contribution in [0.2, 0.25) is 0 Å². The van der Waals surface area contributed by atoms with Crippen molar-refractivity contribution >= 4 is 39.9 Å². The number of carbonyl (C=O) groups is 1. The third kappa shape index (κ3) is 2.72. The smallest absolute Gasteiger partial charge is 0.311 e. The Hall–Kier alpha value is -1.38. The van der Waals surface area contributed by atoms with Gasteiger partial charge in [-0.1, -0.05) is 6.42 Å². The standard InChI is InChI=1S/C13H15IN2O4/c1-13(12(17)18)6-2-3-11(13)15-9-5-4-8(14)7-10(9)16(19)20/h4-5,7,11,15H,2-3,6H2,1H3,(H,17,18). The number of anilines is 1. The lowest BCUT2D eigenvalue weighted by atomic mass is 9.85. The lowest BCUT2D eigenvalue weighted by Gasteiger charge is -2.28. The van der Waals surface area contributed by atoms with E-state index in [2.05, 4.69) is 5.32 Å². The number of rotatable bonds is 4. The zero-order valence-corrected chi connectivity index (χ0v) is 13.1. The third-order valence-corrected chi connectivity index (χ3v) is 4.60. The SMILES string of the molecule is CC1(C(=O)O)CCCC1Nc1ccc(I)cc1[N+](=O)[O-]. The van der Waals surface area contributed by atoms with Gasteiger partial charge in [0, 0.05) is 15.7 Å². The van der Waals surface area contributed by atoms with E-state index in [0.29, 0.717) is 18.5 Å². The number of halogens is 1. The molecular weight excluding hydrogens is 375 g/mol. The number of nitrogens with one attached hydrogen (secondary N) is 1. The van der Waals surface area contributed by atoms with Crippen molar-refractivity contribution in [1.82, 2.24) is 0 Å². The summed E-state index contributed by atoms with van der Waals surface area (Å²) in [6.45, 7) is 1.69. The van der Waals surface area contributed by atoms with Crippen LogP contribution < -0.4 is 5.32 Å². The summed E-state index contributed by atoms with van der Waals surface area (Å²) in [6, 6.07) is 4.60. The normalized spacial score (nSPS) is 25.4. The highest BCUT2D eigenvalue weighted by Gasteiger charge is 2.45. The second-order valence-corrected chi connectivity index (χ2v) is 6.48. The first-order valence-electron chi connectivity index (χ1n) is 6.28. The zero-order valence-electron chi connectivity index (χ0n) is 10.9. The maximum Gasteiger partial charge on any atom is 0.311 e. The van der Waals surface area contributed by atoms with E-state index in [9.17, 15) is 20.0 Å². The van der Waals surface area contributed by atoms with E-state index in [1.807, 2.05) is 22.6 Å². The highest BCUT2D eigenvalue weighted by atomic mass is 127. The van der Waals surface area contributed by atoms with Crippen LogP contribution in [-0.2, 0) is 4.79 Å². The molecule has 7 heteroatoms. The molecule has 0 heterocycles. The molecule has 2 atom stereocenters. The van der Waals surface area contributed by atoms with Crippen LogP contribution in [0.3, 0.4) is 0 Å². The molecule has 6 nitrogen and oxygen atoms in total. The van der Waals surface area contributed by atoms with Gasteiger partial charge in [-0.05, 0) is 54.5 Å². The van der Waals surface area contributed by atoms with Crippen molar-refractivity contribution in [1.29, 1.82) is 0 Å². The van der Waals surface area contributed by atoms with Crippen molar-refractivity contribution in [3.63, 3.8) is 0 Å². The van der Waals surface area contributed by atoms with Crippen LogP contribution in [0.4, 0.5) is 11.4 Å². The van der Waals surface area contributed by atoms with Gasteiger partial charge in [0.25, 0.3) is 5.69 Å². The fourth-order valence-corrected chi connectivity index (χ4v) is 3.09. The highest BCUT2D eigenvalue weighted by molar-refractivity contribution is 14.1. The highest BCUT2D eigenvalue weighted by Crippen LogP contribution is 2.41. The number of carboxylic acid groups (broad SMARTS) is 1. The molecule has 1 aromatic carbocycles. The second-order valence-electron chi connectivity index (χ2n) is 5.23. The first kappa shape index (κ1) is 15.0. The van der Waals surface area contributed by atoms with E-state index in [4.69, 9.17) is 0 Å². The minimum atomic E-state index is -0.878. The second kappa shape index (κ2) is 5.55. The molecule has 0 spiro atoms. The van der Waals surface area contributed by atoms with Crippen LogP contribution in [0.5, 0.6) is 0 Å². The molecule has 1 aliphatic carbocycles. The van der Waals surface area contributed by atoms with Gasteiger partial charge in [-0.3, -0.25) is 14.9 Å². The van der Waals surface area contributed by atoms with Gasteiger partial charge in [-0.2, -0.15) is 0 Å². The molecule has 0 saturated heterocycles. The number of benzene rings is 1. The molecule has 2 rings (SSSR count). The van der Waals surface area contributed by atoms with Crippen molar-refractivity contribution in [2.75, 3.05) is 5.32 Å². The fourth-order valence-electron chi connectivity index (χ4n) is 2.62. The van der Waals surface area contributed by atoms with Crippen molar-refractivity contribution < 1.29 is 14.8 Å². The lowest BCUT2D eigenvalue weighted by molar-refractivity contribution is -0.384. The van der Waals surface area contributed by atoms with Crippen molar-refractivity contribution in [3.05, 3.63) is 31.9 Å². The van der Waals surface area contributed by atoms with Gasteiger partial charge >= 0.3 is 5.97 Å². The molecular formula is C13H15IN2O4. The van der Waals surface area contributed by atoms with E-state index >= 15 is 0 Å². The number of aliphatic carboxylic acids is 1. The molecule has 1 aromatic rings. The molecule has 0 radical (unpaired) electrons. The predicted octanol–water partition coefficient (Wildman–Crippen LogP) is 3.25. The summed E-state index contributed by atoms with van der Waals surface area (Å²) in [5.74, 6) is -0.860. The van der Waals surface area contributed by atoms with Gasteiger partial charge in [0.15, 0.2) is 0 Å². The van der Waals surface area contributed by atoms with Crippen molar-refractivity contribution in [2.24, 2.45) is 5.41 Å². The largest absolute Gasteiger partial charge is 0.481 e. The van der Waals surface area contributed by atoms with Crippen LogP contribution in [0.25, 0.3) is 0 Å². The molecule has 1 aliphatic rings. The molecule has 1 saturated carbocycles. The Kier molecular flexibility index (Phi) is 4.17. The Morgan fingerprint density at radius 2 is 2.30 bits per heavy atom. The van der Waals surface area contributed by atoms with Crippen LogP contribution in [0, 0.1) is 19.1 Å². The van der Waals surface area contributed by atoms with Crippen LogP contribution in [-0.4, -0.2) is 22.0 Å². The summed E-state index contributed by atoms with van der Waals surface area (Å²) in [7, 11) is 0. The van der Waals surface area contributed by atoms with E-state index in [1.54, 1.807) is 19.1 Å². The van der Waals surface area contributed by atoms with E-state index in [-0.39, 0.29) is 11.7 Å². The molecule has 0 bridgehead atoms. The van der Waals surface area contributed by atoms with Gasteiger partial charge in [0.1, 0.15) is 5.69 Å². The molecule has 2 N–H and O–H groups in total. The van der Waals surface area contributed by atoms with Gasteiger partial charge in [0.2, 0.25) is 0 Å². The molecule has 1 fully saturated rings. The van der Waals surface area contributed by atoms with E-state index < -0.39 is 16.3 Å². The summed E-state index contributed by atoms with van der Waals surface area (Å²) in [5, 5.41) is 23.5. The number of hydrogen-bond donors (Lipinski definition) is 2. The summed E-state index contributed by atoms with van der Waals surface area (Å²) in [6.07, 6.45) is 2.09. The Balaban J connectivity index is 2.31. The minimum absolute atomic E-state index is 0.0171. The quantitative estimate of drug-likeness (QED) is 0.468. The van der Waals surface area contributed by atoms with E-state index in [0.717, 1.165) is 9.99 Å². The van der Waals surface area contributed by atoms with Crippen molar-refractivity contribution in [3.8, 4) is 0 Å². The van der Waals surface area contributed by atoms with Gasteiger partial charge in [-0.15, -0.1) is 0 Å². The predicted molar refractivity (Wildman–Crippen MR) is 82.8 cm³/mol. The zero-order chi connectivity index (χ0) is 14.9. The van der Waals surface area contributed by atoms with Crippen molar-refractivity contribution in [2.45, 2.75) is 32.2 Å². The summed E-state index contributed by atoms with van der Waals surface area (Å²) in [5.41, 5.74) is -0.511. The first-order chi connectivity index (χ1) is 9.34. The van der Waals surface area contributed by atoms with Gasteiger partial charge in [-0.25, -0.2) is 0 Å². The average Bonchev–Trinajstić information content (AvgIpc) is 2.74. The van der Waals surface area contributed by atoms with E-state index in [1.165, 1.54) is 6.07 Å². The number of nitro groups is 1. The lowest BCUT2D eigenvalue weighted by Crippen LogP contribution is -2.40.